The zero-order valence-corrected chi connectivity index (χ0v) is 31.9. The van der Waals surface area contributed by atoms with E-state index >= 15 is 0 Å². The van der Waals surface area contributed by atoms with Gasteiger partial charge in [-0.05, 0) is 93.9 Å². The molecule has 9 aromatic carbocycles. The van der Waals surface area contributed by atoms with Gasteiger partial charge in [0.1, 0.15) is 5.82 Å². The van der Waals surface area contributed by atoms with Crippen LogP contribution in [0, 0.1) is 0 Å². The van der Waals surface area contributed by atoms with Crippen LogP contribution >= 0.6 is 0 Å². The first-order chi connectivity index (χ1) is 28.7. The molecule has 0 radical (unpaired) electrons. The van der Waals surface area contributed by atoms with Gasteiger partial charge in [-0.25, -0.2) is 9.97 Å². The average Bonchev–Trinajstić information content (AvgIpc) is 3.78. The molecule has 0 fully saturated rings. The van der Waals surface area contributed by atoms with Crippen LogP contribution < -0.4 is 0 Å². The van der Waals surface area contributed by atoms with E-state index in [1.807, 2.05) is 0 Å². The van der Waals surface area contributed by atoms with Crippen LogP contribution in [0.5, 0.6) is 0 Å². The molecule has 0 aliphatic carbocycles. The van der Waals surface area contributed by atoms with E-state index < -0.39 is 0 Å². The molecule has 0 N–H and O–H groups in total. The molecular weight excluding hydrogens is 705 g/mol. The number of benzene rings is 9. The van der Waals surface area contributed by atoms with Crippen LogP contribution in [-0.2, 0) is 6.42 Å². The fourth-order valence-corrected chi connectivity index (χ4v) is 9.48. The van der Waals surface area contributed by atoms with Crippen molar-refractivity contribution in [2.75, 3.05) is 0 Å². The van der Waals surface area contributed by atoms with Gasteiger partial charge in [0.15, 0.2) is 5.82 Å². The molecule has 0 spiro atoms. The first kappa shape index (κ1) is 32.7. The Morgan fingerprint density at radius 2 is 0.983 bits per heavy atom. The van der Waals surface area contributed by atoms with E-state index in [1.165, 1.54) is 70.8 Å². The highest BCUT2D eigenvalue weighted by Gasteiger charge is 2.22. The Labute approximate surface area is 334 Å². The second-order valence-corrected chi connectivity index (χ2v) is 15.2. The van der Waals surface area contributed by atoms with Crippen molar-refractivity contribution in [2.45, 2.75) is 13.3 Å². The fraction of sp³-hybridized carbons (Fsp3) is 0.0370. The lowest BCUT2D eigenvalue weighted by molar-refractivity contribution is 1.06. The third kappa shape index (κ3) is 4.82. The Kier molecular flexibility index (Phi) is 7.17. The number of fused-ring (bicyclic) bond motifs is 9. The third-order valence-corrected chi connectivity index (χ3v) is 12.1. The number of hydrogen-bond acceptors (Lipinski definition) is 2. The molecule has 3 heterocycles. The Morgan fingerprint density at radius 3 is 1.78 bits per heavy atom. The molecular formula is C54H36N4. The van der Waals surface area contributed by atoms with Crippen molar-refractivity contribution in [1.82, 2.24) is 19.1 Å². The lowest BCUT2D eigenvalue weighted by Gasteiger charge is -2.16. The van der Waals surface area contributed by atoms with E-state index in [1.54, 1.807) is 0 Å². The number of hydrogen-bond donors (Lipinski definition) is 0. The zero-order chi connectivity index (χ0) is 38.3. The van der Waals surface area contributed by atoms with E-state index in [0.717, 1.165) is 51.3 Å². The van der Waals surface area contributed by atoms with Crippen molar-refractivity contribution in [1.29, 1.82) is 0 Å². The van der Waals surface area contributed by atoms with Crippen LogP contribution in [0.4, 0.5) is 0 Å². The number of rotatable bonds is 5. The second-order valence-electron chi connectivity index (χ2n) is 15.2. The summed E-state index contributed by atoms with van der Waals surface area (Å²) < 4.78 is 4.83. The Hall–Kier alpha value is -7.56. The van der Waals surface area contributed by atoms with Gasteiger partial charge in [-0.3, -0.25) is 4.57 Å². The van der Waals surface area contributed by atoms with Gasteiger partial charge in [0, 0.05) is 37.9 Å². The smallest absolute Gasteiger partial charge is 0.162 e. The third-order valence-electron chi connectivity index (χ3n) is 12.1. The summed E-state index contributed by atoms with van der Waals surface area (Å²) in [5.41, 5.74) is 11.4. The molecule has 272 valence electrons. The van der Waals surface area contributed by atoms with Crippen molar-refractivity contribution in [3.63, 3.8) is 0 Å². The number of para-hydroxylation sites is 3. The maximum Gasteiger partial charge on any atom is 0.162 e. The SMILES string of the molecule is CCc1c(-c2ccccc2)cccc1-c1nc(-n2c3ccccc3c3cc4c(-n5c6ccccc6c6cc7ccccc7cc65)cccc4cc32)c2ccccc2n1. The maximum absolute atomic E-state index is 5.54. The van der Waals surface area contributed by atoms with E-state index in [9.17, 15) is 0 Å². The lowest BCUT2D eigenvalue weighted by atomic mass is 9.93. The molecule has 12 rings (SSSR count). The first-order valence-corrected chi connectivity index (χ1v) is 20.1. The summed E-state index contributed by atoms with van der Waals surface area (Å²) in [7, 11) is 0. The quantitative estimate of drug-likeness (QED) is 0.176. The largest absolute Gasteiger partial charge is 0.309 e. The predicted octanol–water partition coefficient (Wildman–Crippen LogP) is 14.0. The zero-order valence-electron chi connectivity index (χ0n) is 31.9. The summed E-state index contributed by atoms with van der Waals surface area (Å²) in [6, 6.07) is 68.0. The molecule has 0 atom stereocenters. The summed E-state index contributed by atoms with van der Waals surface area (Å²) >= 11 is 0. The number of nitrogens with zero attached hydrogens (tertiary/aromatic N) is 4. The van der Waals surface area contributed by atoms with Crippen LogP contribution in [0.3, 0.4) is 0 Å². The summed E-state index contributed by atoms with van der Waals surface area (Å²) in [6.45, 7) is 2.22. The Balaban J connectivity index is 1.14. The van der Waals surface area contributed by atoms with Crippen LogP contribution in [-0.4, -0.2) is 19.1 Å². The Morgan fingerprint density at radius 1 is 0.397 bits per heavy atom. The van der Waals surface area contributed by atoms with Crippen LogP contribution in [0.1, 0.15) is 12.5 Å². The van der Waals surface area contributed by atoms with Crippen molar-refractivity contribution in [3.05, 3.63) is 194 Å². The highest BCUT2D eigenvalue weighted by atomic mass is 15.1. The standard InChI is InChI=1S/C54H36N4/c1-2-38-39(34-16-4-3-5-17-34)24-15-25-42(38)53-55-47-26-11-8-23-43(47)54(56-53)58-49-28-13-10-22-41(49)46-33-44-37(32-52(46)58)20-14-29-50(44)57-48-27-12-9-21-40(48)45-30-35-18-6-7-19-36(35)31-51(45)57/h3-33H,2H2,1H3. The van der Waals surface area contributed by atoms with Crippen LogP contribution in [0.2, 0.25) is 0 Å². The van der Waals surface area contributed by atoms with Crippen molar-refractivity contribution in [2.24, 2.45) is 0 Å². The minimum atomic E-state index is 0.733. The molecule has 0 bridgehead atoms. The van der Waals surface area contributed by atoms with E-state index in [2.05, 4.69) is 204 Å². The summed E-state index contributed by atoms with van der Waals surface area (Å²) in [5, 5.41) is 10.8. The molecule has 0 unspecified atom stereocenters. The van der Waals surface area contributed by atoms with Gasteiger partial charge in [-0.2, -0.15) is 0 Å². The molecule has 58 heavy (non-hydrogen) atoms. The molecule has 0 aliphatic rings. The van der Waals surface area contributed by atoms with Gasteiger partial charge in [-0.15, -0.1) is 0 Å². The highest BCUT2D eigenvalue weighted by Crippen LogP contribution is 2.41. The highest BCUT2D eigenvalue weighted by molar-refractivity contribution is 6.18. The van der Waals surface area contributed by atoms with Gasteiger partial charge < -0.3 is 4.57 Å². The van der Waals surface area contributed by atoms with E-state index in [4.69, 9.17) is 9.97 Å². The van der Waals surface area contributed by atoms with Crippen LogP contribution in [0.25, 0.3) is 110 Å². The van der Waals surface area contributed by atoms with Crippen molar-refractivity contribution >= 4 is 76.1 Å². The minimum absolute atomic E-state index is 0.733. The predicted molar refractivity (Wildman–Crippen MR) is 243 cm³/mol. The monoisotopic (exact) mass is 740 g/mol. The van der Waals surface area contributed by atoms with E-state index in [-0.39, 0.29) is 0 Å². The maximum atomic E-state index is 5.54. The second kappa shape index (κ2) is 12.7. The summed E-state index contributed by atoms with van der Waals surface area (Å²) in [5.74, 6) is 1.61. The topological polar surface area (TPSA) is 35.6 Å². The summed E-state index contributed by atoms with van der Waals surface area (Å²) in [6.07, 6.45) is 0.859. The molecule has 0 amide bonds. The van der Waals surface area contributed by atoms with Gasteiger partial charge in [0.25, 0.3) is 0 Å². The molecule has 4 heteroatoms. The van der Waals surface area contributed by atoms with Crippen molar-refractivity contribution < 1.29 is 0 Å². The van der Waals surface area contributed by atoms with Gasteiger partial charge in [0.2, 0.25) is 0 Å². The minimum Gasteiger partial charge on any atom is -0.309 e. The normalized spacial score (nSPS) is 11.9. The van der Waals surface area contributed by atoms with Crippen LogP contribution in [0.15, 0.2) is 188 Å². The molecule has 0 aliphatic heterocycles. The fourth-order valence-electron chi connectivity index (χ4n) is 9.48. The van der Waals surface area contributed by atoms with E-state index in [0.29, 0.717) is 0 Å². The molecule has 4 nitrogen and oxygen atoms in total. The molecule has 3 aromatic heterocycles. The van der Waals surface area contributed by atoms with Gasteiger partial charge in [0.05, 0.1) is 33.3 Å². The molecule has 0 saturated heterocycles. The van der Waals surface area contributed by atoms with Crippen molar-refractivity contribution in [3.8, 4) is 34.0 Å². The van der Waals surface area contributed by atoms with Gasteiger partial charge in [-0.1, -0.05) is 140 Å². The number of aromatic nitrogens is 4. The Bertz CT molecular complexity index is 3610. The van der Waals surface area contributed by atoms with Gasteiger partial charge >= 0.3 is 0 Å². The lowest BCUT2D eigenvalue weighted by Crippen LogP contribution is -2.04. The molecule has 0 saturated carbocycles. The average molecular weight is 741 g/mol. The molecule has 12 aromatic rings. The summed E-state index contributed by atoms with van der Waals surface area (Å²) in [4.78, 5) is 10.8. The first-order valence-electron chi connectivity index (χ1n) is 20.1.